The summed E-state index contributed by atoms with van der Waals surface area (Å²) in [6.45, 7) is -0.214. The van der Waals surface area contributed by atoms with Gasteiger partial charge in [0.1, 0.15) is 12.1 Å². The average Bonchev–Trinajstić information content (AvgIpc) is 2.97. The molecule has 2 aromatic carbocycles. The van der Waals surface area contributed by atoms with E-state index < -0.39 is 0 Å². The Morgan fingerprint density at radius 3 is 2.67 bits per heavy atom. The van der Waals surface area contributed by atoms with Gasteiger partial charge < -0.3 is 9.84 Å². The van der Waals surface area contributed by atoms with Gasteiger partial charge in [-0.25, -0.2) is 4.68 Å². The third-order valence-corrected chi connectivity index (χ3v) is 3.28. The van der Waals surface area contributed by atoms with Gasteiger partial charge in [0, 0.05) is 10.6 Å². The molecule has 0 unspecified atom stereocenters. The molecule has 0 spiro atoms. The molecule has 1 N–H and O–H groups in total. The van der Waals surface area contributed by atoms with E-state index in [1.165, 1.54) is 0 Å². The highest BCUT2D eigenvalue weighted by atomic mass is 35.5. The van der Waals surface area contributed by atoms with E-state index in [9.17, 15) is 5.11 Å². The second kappa shape index (κ2) is 5.95. The summed E-state index contributed by atoms with van der Waals surface area (Å²) >= 11 is 6.01. The van der Waals surface area contributed by atoms with Crippen molar-refractivity contribution in [3.05, 3.63) is 65.4 Å². The van der Waals surface area contributed by atoms with Gasteiger partial charge in [0.25, 0.3) is 0 Å². The van der Waals surface area contributed by atoms with Crippen LogP contribution in [0.15, 0.2) is 54.9 Å². The number of hydrogen-bond acceptors (Lipinski definition) is 4. The summed E-state index contributed by atoms with van der Waals surface area (Å²) in [5.41, 5.74) is 1.39. The maximum absolute atomic E-state index is 9.35. The maximum atomic E-state index is 9.35. The molecule has 5 nitrogen and oxygen atoms in total. The summed E-state index contributed by atoms with van der Waals surface area (Å²) in [7, 11) is 0. The Bertz CT molecular complexity index is 744. The number of ether oxygens (including phenoxy) is 1. The molecule has 1 aromatic heterocycles. The molecule has 0 amide bonds. The lowest BCUT2D eigenvalue weighted by molar-refractivity contribution is 0.275. The molecule has 0 saturated heterocycles. The van der Waals surface area contributed by atoms with Gasteiger partial charge in [-0.2, -0.15) is 4.98 Å². The molecule has 0 aliphatic carbocycles. The first-order chi connectivity index (χ1) is 10.3. The van der Waals surface area contributed by atoms with E-state index in [-0.39, 0.29) is 12.6 Å². The lowest BCUT2D eigenvalue weighted by Crippen LogP contribution is -1.96. The smallest absolute Gasteiger partial charge is 0.341 e. The summed E-state index contributed by atoms with van der Waals surface area (Å²) in [6.07, 6.45) is 1.56. The van der Waals surface area contributed by atoms with Crippen LogP contribution in [0.2, 0.25) is 5.02 Å². The van der Waals surface area contributed by atoms with Crippen molar-refractivity contribution >= 4 is 11.6 Å². The predicted molar refractivity (Wildman–Crippen MR) is 78.8 cm³/mol. The molecule has 6 heteroatoms. The minimum Gasteiger partial charge on any atom is -0.423 e. The SMILES string of the molecule is OCc1c(Cl)cccc1Oc1ncn(-c2ccccc2)n1. The van der Waals surface area contributed by atoms with E-state index in [2.05, 4.69) is 10.1 Å². The number of para-hydroxylation sites is 1. The van der Waals surface area contributed by atoms with E-state index in [0.717, 1.165) is 5.69 Å². The number of benzene rings is 2. The number of aromatic nitrogens is 3. The Morgan fingerprint density at radius 2 is 1.90 bits per heavy atom. The molecule has 0 fully saturated rings. The fraction of sp³-hybridized carbons (Fsp3) is 0.0667. The first-order valence-corrected chi connectivity index (χ1v) is 6.69. The van der Waals surface area contributed by atoms with Crippen molar-refractivity contribution in [1.82, 2.24) is 14.8 Å². The molecular weight excluding hydrogens is 290 g/mol. The number of aliphatic hydroxyl groups is 1. The zero-order valence-corrected chi connectivity index (χ0v) is 11.7. The fourth-order valence-electron chi connectivity index (χ4n) is 1.89. The predicted octanol–water partition coefficient (Wildman–Crippen LogP) is 3.21. The molecule has 3 aromatic rings. The van der Waals surface area contributed by atoms with Crippen LogP contribution in [0.1, 0.15) is 5.56 Å². The lowest BCUT2D eigenvalue weighted by atomic mass is 10.2. The van der Waals surface area contributed by atoms with Crippen LogP contribution in [0.5, 0.6) is 11.8 Å². The van der Waals surface area contributed by atoms with Crippen LogP contribution in [0.25, 0.3) is 5.69 Å². The molecular formula is C15H12ClN3O2. The topological polar surface area (TPSA) is 60.2 Å². The van der Waals surface area contributed by atoms with Crippen LogP contribution < -0.4 is 4.74 Å². The van der Waals surface area contributed by atoms with Crippen molar-refractivity contribution in [2.24, 2.45) is 0 Å². The quantitative estimate of drug-likeness (QED) is 0.804. The zero-order valence-electron chi connectivity index (χ0n) is 11.0. The summed E-state index contributed by atoms with van der Waals surface area (Å²) in [5, 5.41) is 14.0. The third kappa shape index (κ3) is 2.89. The minimum atomic E-state index is -0.214. The Balaban J connectivity index is 1.87. The average molecular weight is 302 g/mol. The van der Waals surface area contributed by atoms with E-state index >= 15 is 0 Å². The second-order valence-electron chi connectivity index (χ2n) is 4.28. The van der Waals surface area contributed by atoms with E-state index in [0.29, 0.717) is 16.3 Å². The number of nitrogens with zero attached hydrogens (tertiary/aromatic N) is 3. The van der Waals surface area contributed by atoms with Crippen molar-refractivity contribution < 1.29 is 9.84 Å². The minimum absolute atomic E-state index is 0.191. The van der Waals surface area contributed by atoms with E-state index in [1.807, 2.05) is 30.3 Å². The summed E-state index contributed by atoms with van der Waals surface area (Å²) in [5.74, 6) is 0.441. The van der Waals surface area contributed by atoms with Gasteiger partial charge in [-0.05, 0) is 24.3 Å². The summed E-state index contributed by atoms with van der Waals surface area (Å²) in [6, 6.07) is 14.9. The zero-order chi connectivity index (χ0) is 14.7. The van der Waals surface area contributed by atoms with Crippen LogP contribution >= 0.6 is 11.6 Å². The molecule has 3 rings (SSSR count). The fourth-order valence-corrected chi connectivity index (χ4v) is 2.11. The third-order valence-electron chi connectivity index (χ3n) is 2.93. The monoisotopic (exact) mass is 301 g/mol. The van der Waals surface area contributed by atoms with Gasteiger partial charge in [-0.1, -0.05) is 35.9 Å². The Labute approximate surface area is 126 Å². The highest BCUT2D eigenvalue weighted by molar-refractivity contribution is 6.31. The molecule has 0 radical (unpaired) electrons. The number of halogens is 1. The van der Waals surface area contributed by atoms with Gasteiger partial charge in [-0.15, -0.1) is 5.10 Å². The summed E-state index contributed by atoms with van der Waals surface area (Å²) in [4.78, 5) is 4.10. The van der Waals surface area contributed by atoms with Crippen LogP contribution in [-0.2, 0) is 6.61 Å². The molecule has 1 heterocycles. The van der Waals surface area contributed by atoms with Gasteiger partial charge in [0.2, 0.25) is 0 Å². The van der Waals surface area contributed by atoms with Gasteiger partial charge in [0.15, 0.2) is 0 Å². The van der Waals surface area contributed by atoms with Crippen LogP contribution in [0, 0.1) is 0 Å². The Morgan fingerprint density at radius 1 is 1.10 bits per heavy atom. The highest BCUT2D eigenvalue weighted by Gasteiger charge is 2.11. The molecule has 0 saturated carbocycles. The normalized spacial score (nSPS) is 10.6. The Hall–Kier alpha value is -2.37. The highest BCUT2D eigenvalue weighted by Crippen LogP contribution is 2.29. The van der Waals surface area contributed by atoms with Crippen molar-refractivity contribution in [2.45, 2.75) is 6.61 Å². The van der Waals surface area contributed by atoms with Crippen molar-refractivity contribution in [3.63, 3.8) is 0 Å². The van der Waals surface area contributed by atoms with Crippen molar-refractivity contribution in [1.29, 1.82) is 0 Å². The van der Waals surface area contributed by atoms with Crippen LogP contribution in [0.4, 0.5) is 0 Å². The molecule has 0 atom stereocenters. The van der Waals surface area contributed by atoms with E-state index in [4.69, 9.17) is 16.3 Å². The van der Waals surface area contributed by atoms with Gasteiger partial charge >= 0.3 is 6.01 Å². The van der Waals surface area contributed by atoms with Gasteiger partial charge in [0.05, 0.1) is 12.3 Å². The first kappa shape index (κ1) is 13.6. The molecule has 0 bridgehead atoms. The second-order valence-corrected chi connectivity index (χ2v) is 4.69. The van der Waals surface area contributed by atoms with Crippen LogP contribution in [0.3, 0.4) is 0 Å². The van der Waals surface area contributed by atoms with E-state index in [1.54, 1.807) is 29.2 Å². The lowest BCUT2D eigenvalue weighted by Gasteiger charge is -2.07. The molecule has 0 aliphatic rings. The Kier molecular flexibility index (Phi) is 3.85. The number of rotatable bonds is 4. The van der Waals surface area contributed by atoms with Gasteiger partial charge in [-0.3, -0.25) is 0 Å². The van der Waals surface area contributed by atoms with Crippen LogP contribution in [-0.4, -0.2) is 19.9 Å². The summed E-state index contributed by atoms with van der Waals surface area (Å²) < 4.78 is 7.21. The molecule has 21 heavy (non-hydrogen) atoms. The van der Waals surface area contributed by atoms with Crippen molar-refractivity contribution in [2.75, 3.05) is 0 Å². The molecule has 0 aliphatic heterocycles. The molecule has 106 valence electrons. The standard InChI is InChI=1S/C15H12ClN3O2/c16-13-7-4-8-14(12(13)9-20)21-15-17-10-19(18-15)11-5-2-1-3-6-11/h1-8,10,20H,9H2. The number of hydrogen-bond donors (Lipinski definition) is 1. The largest absolute Gasteiger partial charge is 0.423 e. The maximum Gasteiger partial charge on any atom is 0.341 e. The van der Waals surface area contributed by atoms with Crippen molar-refractivity contribution in [3.8, 4) is 17.4 Å². The first-order valence-electron chi connectivity index (χ1n) is 6.31. The number of aliphatic hydroxyl groups excluding tert-OH is 1.